The molecule has 0 nitrogen and oxygen atoms in total. The van der Waals surface area contributed by atoms with Gasteiger partial charge in [0.1, 0.15) is 5.82 Å². The summed E-state index contributed by atoms with van der Waals surface area (Å²) in [7, 11) is 0. The zero-order chi connectivity index (χ0) is 8.43. The predicted molar refractivity (Wildman–Crippen MR) is 46.0 cm³/mol. The fraction of sp³-hybridized carbons (Fsp3) is 0.200. The van der Waals surface area contributed by atoms with E-state index >= 15 is 0 Å². The Hall–Kier alpha value is -1.11. The lowest BCUT2D eigenvalue weighted by atomic mass is 10.1. The Bertz CT molecular complexity index is 264. The summed E-state index contributed by atoms with van der Waals surface area (Å²) in [6, 6.07) is 3.57. The van der Waals surface area contributed by atoms with Crippen LogP contribution in [0, 0.1) is 19.7 Å². The summed E-state index contributed by atoms with van der Waals surface area (Å²) < 4.78 is 13.0. The summed E-state index contributed by atoms with van der Waals surface area (Å²) in [6.07, 6.45) is 1.72. The van der Waals surface area contributed by atoms with E-state index in [1.54, 1.807) is 32.1 Å². The van der Waals surface area contributed by atoms with Crippen LogP contribution in [-0.4, -0.2) is 0 Å². The zero-order valence-electron chi connectivity index (χ0n) is 6.82. The number of aryl methyl sites for hydroxylation is 2. The Morgan fingerprint density at radius 2 is 1.73 bits per heavy atom. The molecule has 0 spiro atoms. The van der Waals surface area contributed by atoms with E-state index in [0.717, 1.165) is 5.56 Å². The summed E-state index contributed by atoms with van der Waals surface area (Å²) in [5.74, 6) is -0.115. The molecule has 0 aliphatic rings. The number of hydrogen-bond acceptors (Lipinski definition) is 0. The van der Waals surface area contributed by atoms with Gasteiger partial charge in [0.05, 0.1) is 0 Å². The van der Waals surface area contributed by atoms with Gasteiger partial charge in [0.2, 0.25) is 0 Å². The van der Waals surface area contributed by atoms with E-state index in [-0.39, 0.29) is 5.82 Å². The zero-order valence-corrected chi connectivity index (χ0v) is 6.82. The predicted octanol–water partition coefficient (Wildman–Crippen LogP) is 3.09. The molecular weight excluding hydrogens is 139 g/mol. The largest absolute Gasteiger partial charge is 0.206 e. The van der Waals surface area contributed by atoms with Crippen molar-refractivity contribution in [2.75, 3.05) is 0 Å². The average Bonchev–Trinajstić information content (AvgIpc) is 1.99. The second-order valence-electron chi connectivity index (χ2n) is 2.67. The Morgan fingerprint density at radius 3 is 2.09 bits per heavy atom. The van der Waals surface area contributed by atoms with Crippen LogP contribution in [0.25, 0.3) is 6.08 Å². The molecule has 0 N–H and O–H groups in total. The van der Waals surface area contributed by atoms with Gasteiger partial charge in [-0.2, -0.15) is 0 Å². The fourth-order valence-corrected chi connectivity index (χ4v) is 1.10. The SMILES string of the molecule is C=Cc1cc(C)c(F)c(C)c1. The lowest BCUT2D eigenvalue weighted by molar-refractivity contribution is 0.609. The summed E-state index contributed by atoms with van der Waals surface area (Å²) in [5.41, 5.74) is 2.33. The molecule has 0 saturated heterocycles. The highest BCUT2D eigenvalue weighted by Gasteiger charge is 2.01. The van der Waals surface area contributed by atoms with E-state index in [9.17, 15) is 4.39 Å². The maximum Gasteiger partial charge on any atom is 0.129 e. The first kappa shape index (κ1) is 7.99. The van der Waals surface area contributed by atoms with Crippen molar-refractivity contribution in [3.8, 4) is 0 Å². The maximum atomic E-state index is 13.0. The molecular formula is C10H11F. The van der Waals surface area contributed by atoms with Gasteiger partial charge in [0, 0.05) is 0 Å². The molecule has 1 heteroatoms. The van der Waals surface area contributed by atoms with Crippen LogP contribution in [0.5, 0.6) is 0 Å². The Morgan fingerprint density at radius 1 is 1.27 bits per heavy atom. The Labute approximate surface area is 66.4 Å². The van der Waals surface area contributed by atoms with Crippen molar-refractivity contribution >= 4 is 6.08 Å². The first-order valence-electron chi connectivity index (χ1n) is 3.54. The number of halogens is 1. The van der Waals surface area contributed by atoms with E-state index in [4.69, 9.17) is 0 Å². The molecule has 0 aliphatic heterocycles. The summed E-state index contributed by atoms with van der Waals surface area (Å²) >= 11 is 0. The van der Waals surface area contributed by atoms with Gasteiger partial charge in [-0.25, -0.2) is 4.39 Å². The van der Waals surface area contributed by atoms with Crippen LogP contribution in [0.15, 0.2) is 18.7 Å². The van der Waals surface area contributed by atoms with E-state index in [2.05, 4.69) is 6.58 Å². The van der Waals surface area contributed by atoms with Crippen LogP contribution in [0.1, 0.15) is 16.7 Å². The maximum absolute atomic E-state index is 13.0. The number of benzene rings is 1. The monoisotopic (exact) mass is 150 g/mol. The van der Waals surface area contributed by atoms with Gasteiger partial charge in [-0.15, -0.1) is 0 Å². The molecule has 0 radical (unpaired) electrons. The van der Waals surface area contributed by atoms with Crippen molar-refractivity contribution in [2.45, 2.75) is 13.8 Å². The molecule has 0 aliphatic carbocycles. The van der Waals surface area contributed by atoms with Gasteiger partial charge in [-0.1, -0.05) is 12.7 Å². The summed E-state index contributed by atoms with van der Waals surface area (Å²) in [6.45, 7) is 7.14. The minimum absolute atomic E-state index is 0.115. The molecule has 0 amide bonds. The van der Waals surface area contributed by atoms with Crippen LogP contribution >= 0.6 is 0 Å². The molecule has 0 bridgehead atoms. The van der Waals surface area contributed by atoms with E-state index in [1.807, 2.05) is 0 Å². The molecule has 0 atom stereocenters. The molecule has 1 rings (SSSR count). The topological polar surface area (TPSA) is 0 Å². The standard InChI is InChI=1S/C10H11F/c1-4-9-5-7(2)10(11)8(3)6-9/h4-6H,1H2,2-3H3. The van der Waals surface area contributed by atoms with Gasteiger partial charge in [0.25, 0.3) is 0 Å². The third kappa shape index (κ3) is 1.48. The number of hydrogen-bond donors (Lipinski definition) is 0. The third-order valence-electron chi connectivity index (χ3n) is 1.69. The van der Waals surface area contributed by atoms with Crippen LogP contribution in [0.3, 0.4) is 0 Å². The second-order valence-corrected chi connectivity index (χ2v) is 2.67. The Kier molecular flexibility index (Phi) is 2.08. The van der Waals surface area contributed by atoms with E-state index in [1.165, 1.54) is 0 Å². The van der Waals surface area contributed by atoms with Crippen molar-refractivity contribution < 1.29 is 4.39 Å². The smallest absolute Gasteiger partial charge is 0.129 e. The van der Waals surface area contributed by atoms with Crippen LogP contribution in [0.2, 0.25) is 0 Å². The number of rotatable bonds is 1. The average molecular weight is 150 g/mol. The molecule has 0 unspecified atom stereocenters. The van der Waals surface area contributed by atoms with E-state index in [0.29, 0.717) is 11.1 Å². The van der Waals surface area contributed by atoms with Crippen molar-refractivity contribution in [1.29, 1.82) is 0 Å². The lowest BCUT2D eigenvalue weighted by Gasteiger charge is -2.01. The molecule has 0 saturated carbocycles. The first-order valence-corrected chi connectivity index (χ1v) is 3.54. The molecule has 58 valence electrons. The minimum Gasteiger partial charge on any atom is -0.206 e. The minimum atomic E-state index is -0.115. The second kappa shape index (κ2) is 2.87. The lowest BCUT2D eigenvalue weighted by Crippen LogP contribution is -1.88. The van der Waals surface area contributed by atoms with Gasteiger partial charge >= 0.3 is 0 Å². The van der Waals surface area contributed by atoms with Gasteiger partial charge in [0.15, 0.2) is 0 Å². The van der Waals surface area contributed by atoms with Crippen LogP contribution < -0.4 is 0 Å². The fourth-order valence-electron chi connectivity index (χ4n) is 1.10. The Balaban J connectivity index is 3.31. The normalized spacial score (nSPS) is 9.73. The van der Waals surface area contributed by atoms with E-state index < -0.39 is 0 Å². The summed E-state index contributed by atoms with van der Waals surface area (Å²) in [5, 5.41) is 0. The molecule has 0 aromatic heterocycles. The van der Waals surface area contributed by atoms with Gasteiger partial charge in [-0.3, -0.25) is 0 Å². The highest BCUT2D eigenvalue weighted by molar-refractivity contribution is 5.50. The third-order valence-corrected chi connectivity index (χ3v) is 1.69. The molecule has 1 aromatic carbocycles. The molecule has 11 heavy (non-hydrogen) atoms. The highest BCUT2D eigenvalue weighted by atomic mass is 19.1. The first-order chi connectivity index (χ1) is 5.15. The van der Waals surface area contributed by atoms with Crippen molar-refractivity contribution in [1.82, 2.24) is 0 Å². The van der Waals surface area contributed by atoms with Gasteiger partial charge < -0.3 is 0 Å². The molecule has 0 heterocycles. The molecule has 0 fully saturated rings. The van der Waals surface area contributed by atoms with Crippen LogP contribution in [-0.2, 0) is 0 Å². The van der Waals surface area contributed by atoms with Crippen molar-refractivity contribution in [3.05, 3.63) is 41.2 Å². The van der Waals surface area contributed by atoms with Crippen molar-refractivity contribution in [2.24, 2.45) is 0 Å². The quantitative estimate of drug-likeness (QED) is 0.577. The summed E-state index contributed by atoms with van der Waals surface area (Å²) in [4.78, 5) is 0. The molecule has 1 aromatic rings. The van der Waals surface area contributed by atoms with Gasteiger partial charge in [-0.05, 0) is 42.7 Å². The highest BCUT2D eigenvalue weighted by Crippen LogP contribution is 2.14. The van der Waals surface area contributed by atoms with Crippen LogP contribution in [0.4, 0.5) is 4.39 Å². The van der Waals surface area contributed by atoms with Crippen molar-refractivity contribution in [3.63, 3.8) is 0 Å².